The summed E-state index contributed by atoms with van der Waals surface area (Å²) in [6.45, 7) is 2.72. The summed E-state index contributed by atoms with van der Waals surface area (Å²) >= 11 is 7.89. The molecule has 0 N–H and O–H groups in total. The number of halogens is 1. The summed E-state index contributed by atoms with van der Waals surface area (Å²) < 4.78 is 3.03. The van der Waals surface area contributed by atoms with Crippen LogP contribution >= 0.6 is 22.9 Å². The third-order valence-corrected chi connectivity index (χ3v) is 6.04. The number of nitrogens with zero attached hydrogens (tertiary/aromatic N) is 2. The summed E-state index contributed by atoms with van der Waals surface area (Å²) in [5.74, 6) is -0.615. The second-order valence-corrected chi connectivity index (χ2v) is 7.84. The lowest BCUT2D eigenvalue weighted by atomic mass is 9.91. The van der Waals surface area contributed by atoms with Gasteiger partial charge in [0.05, 0.1) is 21.2 Å². The molecule has 0 bridgehead atoms. The molecule has 3 aromatic carbocycles. The Hall–Kier alpha value is -2.69. The number of hydrogen-bond donors (Lipinski definition) is 0. The molecule has 4 aromatic rings. The van der Waals surface area contributed by atoms with Gasteiger partial charge < -0.3 is 4.57 Å². The van der Waals surface area contributed by atoms with Crippen LogP contribution in [0.3, 0.4) is 0 Å². The highest BCUT2D eigenvalue weighted by molar-refractivity contribution is 7.16. The van der Waals surface area contributed by atoms with E-state index in [-0.39, 0.29) is 5.91 Å². The fraction of sp³-hybridized carbons (Fsp3) is 0.130. The Kier molecular flexibility index (Phi) is 5.42. The number of fused-ring (bicyclic) bond motifs is 1. The van der Waals surface area contributed by atoms with Crippen molar-refractivity contribution in [2.45, 2.75) is 19.4 Å². The van der Waals surface area contributed by atoms with Crippen molar-refractivity contribution in [2.75, 3.05) is 0 Å². The molecule has 0 saturated carbocycles. The second-order valence-electron chi connectivity index (χ2n) is 6.42. The van der Waals surface area contributed by atoms with Gasteiger partial charge in [-0.05, 0) is 30.2 Å². The van der Waals surface area contributed by atoms with Gasteiger partial charge >= 0.3 is 0 Å². The molecule has 4 rings (SSSR count). The minimum absolute atomic E-state index is 0.178. The fourth-order valence-corrected chi connectivity index (χ4v) is 4.85. The van der Waals surface area contributed by atoms with Crippen molar-refractivity contribution in [3.63, 3.8) is 0 Å². The quantitative estimate of drug-likeness (QED) is 0.432. The van der Waals surface area contributed by atoms with Gasteiger partial charge in [-0.3, -0.25) is 4.79 Å². The van der Waals surface area contributed by atoms with Crippen LogP contribution in [-0.4, -0.2) is 10.5 Å². The van der Waals surface area contributed by atoms with Gasteiger partial charge in [0.15, 0.2) is 4.80 Å². The second kappa shape index (κ2) is 8.13. The number of carbonyl (C=O) groups excluding carboxylic acids is 1. The monoisotopic (exact) mass is 406 g/mol. The third kappa shape index (κ3) is 3.53. The molecule has 3 nitrogen and oxygen atoms in total. The highest BCUT2D eigenvalue weighted by atomic mass is 35.5. The maximum Gasteiger partial charge on any atom is 0.260 e. The molecule has 1 aromatic heterocycles. The first-order valence-corrected chi connectivity index (χ1v) is 10.3. The van der Waals surface area contributed by atoms with E-state index in [0.29, 0.717) is 16.4 Å². The Morgan fingerprint density at radius 3 is 2.14 bits per heavy atom. The predicted molar refractivity (Wildman–Crippen MR) is 116 cm³/mol. The van der Waals surface area contributed by atoms with Gasteiger partial charge in [0.2, 0.25) is 0 Å². The number of aromatic nitrogens is 1. The summed E-state index contributed by atoms with van der Waals surface area (Å²) in [6, 6.07) is 25.4. The highest BCUT2D eigenvalue weighted by Crippen LogP contribution is 2.27. The van der Waals surface area contributed by atoms with Crippen molar-refractivity contribution in [1.29, 1.82) is 0 Å². The zero-order chi connectivity index (χ0) is 19.5. The summed E-state index contributed by atoms with van der Waals surface area (Å²) in [4.78, 5) is 18.6. The van der Waals surface area contributed by atoms with E-state index >= 15 is 0 Å². The van der Waals surface area contributed by atoms with Crippen LogP contribution in [0.15, 0.2) is 83.9 Å². The van der Waals surface area contributed by atoms with Gasteiger partial charge in [0.25, 0.3) is 5.91 Å². The highest BCUT2D eigenvalue weighted by Gasteiger charge is 2.22. The minimum Gasteiger partial charge on any atom is -0.315 e. The molecule has 0 spiro atoms. The maximum atomic E-state index is 13.3. The number of hydrogen-bond acceptors (Lipinski definition) is 2. The van der Waals surface area contributed by atoms with E-state index in [9.17, 15) is 4.79 Å². The zero-order valence-electron chi connectivity index (χ0n) is 15.4. The van der Waals surface area contributed by atoms with Gasteiger partial charge in [-0.15, -0.1) is 0 Å². The first kappa shape index (κ1) is 18.7. The maximum absolute atomic E-state index is 13.3. The van der Waals surface area contributed by atoms with Gasteiger partial charge in [0, 0.05) is 6.54 Å². The Morgan fingerprint density at radius 1 is 0.964 bits per heavy atom. The average Bonchev–Trinajstić information content (AvgIpc) is 3.08. The lowest BCUT2D eigenvalue weighted by Crippen LogP contribution is -2.20. The van der Waals surface area contributed by atoms with Crippen molar-refractivity contribution >= 4 is 39.1 Å². The number of benzene rings is 3. The summed E-state index contributed by atoms with van der Waals surface area (Å²) in [5.41, 5.74) is 2.80. The molecular weight excluding hydrogens is 388 g/mol. The predicted octanol–water partition coefficient (Wildman–Crippen LogP) is 5.64. The summed E-state index contributed by atoms with van der Waals surface area (Å²) in [6.07, 6.45) is 0. The molecular formula is C23H19ClN2OS. The standard InChI is InChI=1S/C23H19ClN2OS/c1-2-26-21-18(24)14-9-15-19(21)28-23(26)25-22(27)20(16-10-5-3-6-11-16)17-12-7-4-8-13-17/h3-15,20H,2H2,1H3. The van der Waals surface area contributed by atoms with Crippen molar-refractivity contribution in [3.05, 3.63) is 99.8 Å². The van der Waals surface area contributed by atoms with Gasteiger partial charge in [-0.1, -0.05) is 89.7 Å². The van der Waals surface area contributed by atoms with Crippen LogP contribution in [0.1, 0.15) is 24.0 Å². The van der Waals surface area contributed by atoms with Crippen LogP contribution in [0.25, 0.3) is 10.2 Å². The van der Waals surface area contributed by atoms with Crippen LogP contribution in [0.4, 0.5) is 0 Å². The third-order valence-electron chi connectivity index (χ3n) is 4.69. The minimum atomic E-state index is -0.437. The Morgan fingerprint density at radius 2 is 1.57 bits per heavy atom. The van der Waals surface area contributed by atoms with E-state index in [1.165, 1.54) is 11.3 Å². The SMILES string of the molecule is CCn1c(=NC(=O)C(c2ccccc2)c2ccccc2)sc2cccc(Cl)c21. The summed E-state index contributed by atoms with van der Waals surface area (Å²) in [7, 11) is 0. The molecule has 1 heterocycles. The average molecular weight is 407 g/mol. The first-order chi connectivity index (χ1) is 13.7. The fourth-order valence-electron chi connectivity index (χ4n) is 3.39. The number of carbonyl (C=O) groups is 1. The topological polar surface area (TPSA) is 34.4 Å². The largest absolute Gasteiger partial charge is 0.315 e. The lowest BCUT2D eigenvalue weighted by Gasteiger charge is -2.14. The first-order valence-electron chi connectivity index (χ1n) is 9.15. The van der Waals surface area contributed by atoms with Crippen molar-refractivity contribution in [1.82, 2.24) is 4.57 Å². The zero-order valence-corrected chi connectivity index (χ0v) is 17.0. The van der Waals surface area contributed by atoms with E-state index in [4.69, 9.17) is 11.6 Å². The van der Waals surface area contributed by atoms with Gasteiger partial charge in [-0.25, -0.2) is 0 Å². The molecule has 0 atom stereocenters. The Balaban J connectivity index is 1.87. The van der Waals surface area contributed by atoms with Crippen LogP contribution < -0.4 is 4.80 Å². The van der Waals surface area contributed by atoms with Crippen LogP contribution in [0, 0.1) is 0 Å². The van der Waals surface area contributed by atoms with Crippen molar-refractivity contribution in [2.24, 2.45) is 4.99 Å². The van der Waals surface area contributed by atoms with Crippen molar-refractivity contribution < 1.29 is 4.79 Å². The summed E-state index contributed by atoms with van der Waals surface area (Å²) in [5, 5.41) is 0.673. The molecule has 0 unspecified atom stereocenters. The number of para-hydroxylation sites is 1. The van der Waals surface area contributed by atoms with E-state index < -0.39 is 5.92 Å². The van der Waals surface area contributed by atoms with Gasteiger partial charge in [0.1, 0.15) is 0 Å². The molecule has 0 aliphatic carbocycles. The molecule has 0 saturated heterocycles. The molecule has 0 fully saturated rings. The molecule has 0 aliphatic heterocycles. The number of aryl methyl sites for hydroxylation is 1. The molecule has 140 valence electrons. The smallest absolute Gasteiger partial charge is 0.260 e. The van der Waals surface area contributed by atoms with Crippen LogP contribution in [0.2, 0.25) is 5.02 Å². The number of thiazole rings is 1. The molecule has 28 heavy (non-hydrogen) atoms. The van der Waals surface area contributed by atoms with Crippen LogP contribution in [0.5, 0.6) is 0 Å². The molecule has 1 amide bonds. The van der Waals surface area contributed by atoms with E-state index in [1.807, 2.05) is 90.4 Å². The lowest BCUT2D eigenvalue weighted by molar-refractivity contribution is -0.118. The Bertz CT molecular complexity index is 1140. The van der Waals surface area contributed by atoms with E-state index in [1.54, 1.807) is 0 Å². The molecule has 0 aliphatic rings. The number of amides is 1. The molecule has 0 radical (unpaired) electrons. The van der Waals surface area contributed by atoms with Crippen LogP contribution in [-0.2, 0) is 11.3 Å². The molecule has 5 heteroatoms. The number of rotatable bonds is 4. The van der Waals surface area contributed by atoms with Crippen molar-refractivity contribution in [3.8, 4) is 0 Å². The van der Waals surface area contributed by atoms with E-state index in [2.05, 4.69) is 4.99 Å². The normalized spacial score (nSPS) is 12.0. The Labute approximate surface area is 172 Å². The van der Waals surface area contributed by atoms with E-state index in [0.717, 1.165) is 21.3 Å². The van der Waals surface area contributed by atoms with Gasteiger partial charge in [-0.2, -0.15) is 4.99 Å².